The molecule has 2 aromatic rings. The summed E-state index contributed by atoms with van der Waals surface area (Å²) in [6, 6.07) is 6.88. The van der Waals surface area contributed by atoms with Crippen LogP contribution < -0.4 is 14.8 Å². The Bertz CT molecular complexity index is 609. The molecule has 0 atom stereocenters. The monoisotopic (exact) mass is 277 g/mol. The molecule has 0 spiro atoms. The van der Waals surface area contributed by atoms with Crippen molar-refractivity contribution in [1.29, 1.82) is 0 Å². The highest BCUT2D eigenvalue weighted by Crippen LogP contribution is 2.24. The molecule has 1 aromatic heterocycles. The molecule has 0 saturated heterocycles. The molecule has 106 valence electrons. The van der Waals surface area contributed by atoms with Gasteiger partial charge in [0.25, 0.3) is 0 Å². The molecule has 0 aliphatic heterocycles. The van der Waals surface area contributed by atoms with E-state index >= 15 is 0 Å². The maximum atomic E-state index is 10.7. The van der Waals surface area contributed by atoms with Crippen LogP contribution in [0.2, 0.25) is 0 Å². The summed E-state index contributed by atoms with van der Waals surface area (Å²) >= 11 is 0. The molecule has 0 saturated carbocycles. The smallest absolute Gasteiger partial charge is 0.353 e. The Morgan fingerprint density at radius 1 is 1.35 bits per heavy atom. The molecule has 3 N–H and O–H groups in total. The minimum atomic E-state index is -1.05. The third-order valence-electron chi connectivity index (χ3n) is 2.76. The van der Waals surface area contributed by atoms with Crippen LogP contribution in [0.25, 0.3) is 0 Å². The van der Waals surface area contributed by atoms with E-state index < -0.39 is 5.97 Å². The van der Waals surface area contributed by atoms with Gasteiger partial charge in [-0.05, 0) is 18.2 Å². The van der Waals surface area contributed by atoms with Crippen molar-refractivity contribution in [3.8, 4) is 11.5 Å². The Balaban J connectivity index is 2.10. The van der Waals surface area contributed by atoms with Gasteiger partial charge in [-0.1, -0.05) is 0 Å². The van der Waals surface area contributed by atoms with Crippen molar-refractivity contribution in [3.05, 3.63) is 35.5 Å². The van der Waals surface area contributed by atoms with Gasteiger partial charge in [-0.15, -0.1) is 0 Å². The van der Waals surface area contributed by atoms with Gasteiger partial charge in [0.2, 0.25) is 0 Å². The van der Waals surface area contributed by atoms with Crippen LogP contribution in [0.3, 0.4) is 0 Å². The Morgan fingerprint density at radius 2 is 2.15 bits per heavy atom. The van der Waals surface area contributed by atoms with E-state index in [1.165, 1.54) is 6.07 Å². The molecule has 0 aliphatic rings. The highest BCUT2D eigenvalue weighted by atomic mass is 16.5. The number of carboxylic acids is 1. The number of methoxy groups -OCH3 is 2. The van der Waals surface area contributed by atoms with Crippen molar-refractivity contribution in [2.24, 2.45) is 0 Å². The van der Waals surface area contributed by atoms with Crippen molar-refractivity contribution in [1.82, 2.24) is 10.2 Å². The summed E-state index contributed by atoms with van der Waals surface area (Å²) in [5.41, 5.74) is 0.914. The van der Waals surface area contributed by atoms with Crippen molar-refractivity contribution in [2.45, 2.75) is 6.54 Å². The molecule has 1 aromatic carbocycles. The molecule has 0 radical (unpaired) electrons. The number of ether oxygens (including phenoxy) is 2. The second-order valence-electron chi connectivity index (χ2n) is 4.00. The molecular weight excluding hydrogens is 262 g/mol. The summed E-state index contributed by atoms with van der Waals surface area (Å²) in [6.45, 7) is 0.435. The van der Waals surface area contributed by atoms with E-state index in [1.54, 1.807) is 20.3 Å². The van der Waals surface area contributed by atoms with Crippen LogP contribution in [0, 0.1) is 0 Å². The third kappa shape index (κ3) is 3.00. The molecule has 7 heteroatoms. The topological polar surface area (TPSA) is 96.5 Å². The number of benzene rings is 1. The second kappa shape index (κ2) is 5.96. The average Bonchev–Trinajstić information content (AvgIpc) is 2.93. The normalized spacial score (nSPS) is 10.1. The maximum absolute atomic E-state index is 10.7. The Labute approximate surface area is 115 Å². The number of aromatic carboxylic acids is 1. The summed E-state index contributed by atoms with van der Waals surface area (Å²) in [5, 5.41) is 18.1. The number of carbonyl (C=O) groups is 1. The standard InChI is InChI=1S/C13H15N3O4/c1-19-9-3-4-11(20-2)8(5-9)7-14-12-6-10(13(17)18)15-16-12/h3-6H,7H2,1-2H3,(H,17,18)(H2,14,15,16). The summed E-state index contributed by atoms with van der Waals surface area (Å²) in [6.07, 6.45) is 0. The van der Waals surface area contributed by atoms with Crippen LogP contribution in [-0.4, -0.2) is 35.5 Å². The van der Waals surface area contributed by atoms with Gasteiger partial charge in [-0.2, -0.15) is 5.10 Å². The number of hydrogen-bond donors (Lipinski definition) is 3. The summed E-state index contributed by atoms with van der Waals surface area (Å²) < 4.78 is 10.4. The Kier molecular flexibility index (Phi) is 4.09. The van der Waals surface area contributed by atoms with Gasteiger partial charge in [0.1, 0.15) is 23.0 Å². The minimum Gasteiger partial charge on any atom is -0.497 e. The first-order valence-corrected chi connectivity index (χ1v) is 5.87. The lowest BCUT2D eigenvalue weighted by molar-refractivity contribution is 0.0690. The quantitative estimate of drug-likeness (QED) is 0.744. The zero-order valence-electron chi connectivity index (χ0n) is 11.1. The van der Waals surface area contributed by atoms with E-state index in [2.05, 4.69) is 15.5 Å². The van der Waals surface area contributed by atoms with Crippen molar-refractivity contribution < 1.29 is 19.4 Å². The molecule has 0 amide bonds. The lowest BCUT2D eigenvalue weighted by Gasteiger charge is -2.10. The van der Waals surface area contributed by atoms with E-state index in [0.717, 1.165) is 11.3 Å². The van der Waals surface area contributed by atoms with Crippen LogP contribution in [0.1, 0.15) is 16.1 Å². The molecule has 0 unspecified atom stereocenters. The Hall–Kier alpha value is -2.70. The molecule has 2 rings (SSSR count). The van der Waals surface area contributed by atoms with Gasteiger partial charge in [-0.3, -0.25) is 5.10 Å². The van der Waals surface area contributed by atoms with Crippen molar-refractivity contribution in [2.75, 3.05) is 19.5 Å². The fourth-order valence-corrected chi connectivity index (χ4v) is 1.73. The van der Waals surface area contributed by atoms with E-state index in [-0.39, 0.29) is 5.69 Å². The van der Waals surface area contributed by atoms with E-state index in [0.29, 0.717) is 18.1 Å². The Morgan fingerprint density at radius 3 is 2.75 bits per heavy atom. The van der Waals surface area contributed by atoms with Gasteiger partial charge in [0.05, 0.1) is 14.2 Å². The highest BCUT2D eigenvalue weighted by Gasteiger charge is 2.09. The number of rotatable bonds is 6. The lowest BCUT2D eigenvalue weighted by Crippen LogP contribution is -2.02. The molecule has 0 aliphatic carbocycles. The zero-order chi connectivity index (χ0) is 14.5. The van der Waals surface area contributed by atoms with Gasteiger partial charge >= 0.3 is 5.97 Å². The summed E-state index contributed by atoms with van der Waals surface area (Å²) in [4.78, 5) is 10.7. The first-order chi connectivity index (χ1) is 9.63. The van der Waals surface area contributed by atoms with Gasteiger partial charge in [0.15, 0.2) is 0 Å². The van der Waals surface area contributed by atoms with E-state index in [9.17, 15) is 4.79 Å². The zero-order valence-corrected chi connectivity index (χ0v) is 11.1. The number of carboxylic acid groups (broad SMARTS) is 1. The number of H-pyrrole nitrogens is 1. The molecule has 1 heterocycles. The van der Waals surface area contributed by atoms with Crippen molar-refractivity contribution in [3.63, 3.8) is 0 Å². The molecular formula is C13H15N3O4. The minimum absolute atomic E-state index is 0.0325. The molecule has 0 fully saturated rings. The lowest BCUT2D eigenvalue weighted by atomic mass is 10.2. The number of aromatic nitrogens is 2. The fraction of sp³-hybridized carbons (Fsp3) is 0.231. The van der Waals surface area contributed by atoms with Crippen LogP contribution in [-0.2, 0) is 6.54 Å². The number of nitrogens with zero attached hydrogens (tertiary/aromatic N) is 1. The number of anilines is 1. The fourth-order valence-electron chi connectivity index (χ4n) is 1.73. The van der Waals surface area contributed by atoms with Crippen LogP contribution in [0.4, 0.5) is 5.82 Å². The maximum Gasteiger partial charge on any atom is 0.353 e. The first-order valence-electron chi connectivity index (χ1n) is 5.87. The van der Waals surface area contributed by atoms with Crippen LogP contribution in [0.15, 0.2) is 24.3 Å². The first kappa shape index (κ1) is 13.7. The second-order valence-corrected chi connectivity index (χ2v) is 4.00. The number of hydrogen-bond acceptors (Lipinski definition) is 5. The van der Waals surface area contributed by atoms with Gasteiger partial charge in [0, 0.05) is 18.2 Å². The van der Waals surface area contributed by atoms with Crippen molar-refractivity contribution >= 4 is 11.8 Å². The summed E-state index contributed by atoms with van der Waals surface area (Å²) in [7, 11) is 3.17. The SMILES string of the molecule is COc1ccc(OC)c(CNc2cc(C(=O)O)[nH]n2)c1. The van der Waals surface area contributed by atoms with E-state index in [1.807, 2.05) is 12.1 Å². The molecule has 0 bridgehead atoms. The third-order valence-corrected chi connectivity index (χ3v) is 2.76. The molecule has 7 nitrogen and oxygen atoms in total. The van der Waals surface area contributed by atoms with Gasteiger partial charge < -0.3 is 19.9 Å². The van der Waals surface area contributed by atoms with Gasteiger partial charge in [-0.25, -0.2) is 4.79 Å². The van der Waals surface area contributed by atoms with Crippen LogP contribution in [0.5, 0.6) is 11.5 Å². The molecule has 20 heavy (non-hydrogen) atoms. The van der Waals surface area contributed by atoms with E-state index in [4.69, 9.17) is 14.6 Å². The number of nitrogens with one attached hydrogen (secondary N) is 2. The average molecular weight is 277 g/mol. The number of aromatic amines is 1. The predicted molar refractivity (Wildman–Crippen MR) is 72.4 cm³/mol. The largest absolute Gasteiger partial charge is 0.497 e. The highest BCUT2D eigenvalue weighted by molar-refractivity contribution is 5.86. The summed E-state index contributed by atoms with van der Waals surface area (Å²) in [5.74, 6) is 0.833. The predicted octanol–water partition coefficient (Wildman–Crippen LogP) is 1.74. The van der Waals surface area contributed by atoms with Crippen LogP contribution >= 0.6 is 0 Å².